The summed E-state index contributed by atoms with van der Waals surface area (Å²) >= 11 is 1.43. The molecule has 0 atom stereocenters. The number of hydrogen-bond acceptors (Lipinski definition) is 5. The van der Waals surface area contributed by atoms with E-state index in [9.17, 15) is 4.79 Å². The average molecular weight is 345 g/mol. The number of furan rings is 1. The van der Waals surface area contributed by atoms with Crippen LogP contribution in [0.25, 0.3) is 16.6 Å². The van der Waals surface area contributed by atoms with E-state index in [0.29, 0.717) is 16.7 Å². The van der Waals surface area contributed by atoms with Gasteiger partial charge in [-0.05, 0) is 39.8 Å². The quantitative estimate of drug-likeness (QED) is 0.756. The number of nitrogens with one attached hydrogen (secondary N) is 2. The molecule has 126 valence electrons. The highest BCUT2D eigenvalue weighted by Gasteiger charge is 2.18. The first-order chi connectivity index (χ1) is 11.3. The van der Waals surface area contributed by atoms with E-state index in [2.05, 4.69) is 20.7 Å². The number of rotatable bonds is 3. The summed E-state index contributed by atoms with van der Waals surface area (Å²) in [6.07, 6.45) is 1.61. The molecule has 2 N–H and O–H groups in total. The van der Waals surface area contributed by atoms with Crippen molar-refractivity contribution in [3.8, 4) is 16.6 Å². The average Bonchev–Trinajstić information content (AvgIpc) is 3.15. The fourth-order valence-corrected chi connectivity index (χ4v) is 2.90. The fourth-order valence-electron chi connectivity index (χ4n) is 2.12. The Labute approximate surface area is 143 Å². The molecule has 24 heavy (non-hydrogen) atoms. The van der Waals surface area contributed by atoms with E-state index >= 15 is 0 Å². The third-order valence-corrected chi connectivity index (χ3v) is 3.82. The zero-order valence-electron chi connectivity index (χ0n) is 14.0. The summed E-state index contributed by atoms with van der Waals surface area (Å²) in [6, 6.07) is 5.18. The number of aromatic nitrogens is 3. The lowest BCUT2D eigenvalue weighted by atomic mass is 10.1. The van der Waals surface area contributed by atoms with E-state index in [1.165, 1.54) is 11.3 Å². The van der Waals surface area contributed by atoms with Crippen molar-refractivity contribution in [2.24, 2.45) is 0 Å². The first-order valence-electron chi connectivity index (χ1n) is 7.47. The molecule has 0 aliphatic heterocycles. The van der Waals surface area contributed by atoms with Gasteiger partial charge >= 0.3 is 6.03 Å². The monoisotopic (exact) mass is 345 g/mol. The van der Waals surface area contributed by atoms with E-state index in [4.69, 9.17) is 4.42 Å². The van der Waals surface area contributed by atoms with E-state index in [1.807, 2.05) is 45.2 Å². The van der Waals surface area contributed by atoms with Crippen molar-refractivity contribution in [3.63, 3.8) is 0 Å². The third kappa shape index (κ3) is 3.65. The maximum absolute atomic E-state index is 12.1. The number of thiazole rings is 1. The van der Waals surface area contributed by atoms with Gasteiger partial charge in [0.2, 0.25) is 5.13 Å². The lowest BCUT2D eigenvalue weighted by Crippen LogP contribution is -2.43. The van der Waals surface area contributed by atoms with Gasteiger partial charge in [0.15, 0.2) is 5.76 Å². The number of hydrogen-bond donors (Lipinski definition) is 2. The molecule has 3 heterocycles. The van der Waals surface area contributed by atoms with Crippen molar-refractivity contribution in [3.05, 3.63) is 35.5 Å². The molecule has 3 rings (SSSR count). The second kappa shape index (κ2) is 6.12. The van der Waals surface area contributed by atoms with Crippen molar-refractivity contribution in [1.29, 1.82) is 0 Å². The minimum absolute atomic E-state index is 0.286. The summed E-state index contributed by atoms with van der Waals surface area (Å²) in [5, 5.41) is 12.6. The molecule has 0 saturated heterocycles. The molecule has 7 nitrogen and oxygen atoms in total. The molecule has 3 aromatic rings. The van der Waals surface area contributed by atoms with Gasteiger partial charge in [-0.1, -0.05) is 0 Å². The van der Waals surface area contributed by atoms with E-state index in [1.54, 1.807) is 17.0 Å². The van der Waals surface area contributed by atoms with Crippen LogP contribution in [0, 0.1) is 6.92 Å². The zero-order valence-corrected chi connectivity index (χ0v) is 14.8. The van der Waals surface area contributed by atoms with Gasteiger partial charge < -0.3 is 9.73 Å². The van der Waals surface area contributed by atoms with Gasteiger partial charge in [-0.25, -0.2) is 9.78 Å². The highest BCUT2D eigenvalue weighted by atomic mass is 32.1. The van der Waals surface area contributed by atoms with Crippen molar-refractivity contribution >= 4 is 23.2 Å². The lowest BCUT2D eigenvalue weighted by Gasteiger charge is -2.20. The summed E-state index contributed by atoms with van der Waals surface area (Å²) in [4.78, 5) is 16.6. The Morgan fingerprint density at radius 1 is 1.38 bits per heavy atom. The predicted octanol–water partition coefficient (Wildman–Crippen LogP) is 3.82. The van der Waals surface area contributed by atoms with Crippen molar-refractivity contribution in [2.75, 3.05) is 5.32 Å². The SMILES string of the molecule is Cc1cc(NC(=O)NC(C)(C)C)n(-c2nc(-c3ccco3)cs2)n1. The number of carbonyl (C=O) groups is 1. The van der Waals surface area contributed by atoms with E-state index in [-0.39, 0.29) is 11.6 Å². The molecule has 0 aliphatic rings. The van der Waals surface area contributed by atoms with Gasteiger partial charge in [-0.2, -0.15) is 9.78 Å². The smallest absolute Gasteiger partial charge is 0.320 e. The number of amides is 2. The number of nitrogens with zero attached hydrogens (tertiary/aromatic N) is 3. The molecule has 0 unspecified atom stereocenters. The molecule has 0 spiro atoms. The van der Waals surface area contributed by atoms with Crippen LogP contribution in [-0.4, -0.2) is 26.3 Å². The van der Waals surface area contributed by atoms with Gasteiger partial charge in [0, 0.05) is 17.0 Å². The van der Waals surface area contributed by atoms with Crippen LogP contribution in [0.15, 0.2) is 34.3 Å². The summed E-state index contributed by atoms with van der Waals surface area (Å²) in [7, 11) is 0. The molecule has 0 aliphatic carbocycles. The van der Waals surface area contributed by atoms with Crippen LogP contribution in [0.5, 0.6) is 0 Å². The minimum atomic E-state index is -0.322. The van der Waals surface area contributed by atoms with Gasteiger partial charge in [0.1, 0.15) is 11.5 Å². The Kier molecular flexibility index (Phi) is 4.15. The number of aryl methyl sites for hydroxylation is 1. The first kappa shape index (κ1) is 16.3. The largest absolute Gasteiger partial charge is 0.463 e. The van der Waals surface area contributed by atoms with Crippen LogP contribution >= 0.6 is 11.3 Å². The highest BCUT2D eigenvalue weighted by molar-refractivity contribution is 7.12. The molecule has 0 fully saturated rings. The lowest BCUT2D eigenvalue weighted by molar-refractivity contribution is 0.243. The second-order valence-electron chi connectivity index (χ2n) is 6.40. The fraction of sp³-hybridized carbons (Fsp3) is 0.312. The second-order valence-corrected chi connectivity index (χ2v) is 7.24. The topological polar surface area (TPSA) is 85.0 Å². The van der Waals surface area contributed by atoms with Gasteiger partial charge in [-0.15, -0.1) is 11.3 Å². The predicted molar refractivity (Wildman–Crippen MR) is 93.6 cm³/mol. The maximum Gasteiger partial charge on any atom is 0.320 e. The standard InChI is InChI=1S/C16H19N5O2S/c1-10-8-13(18-14(22)19-16(2,3)4)21(20-10)15-17-11(9-24-15)12-6-5-7-23-12/h5-9H,1-4H3,(H2,18,19,22). The van der Waals surface area contributed by atoms with Crippen LogP contribution in [0.2, 0.25) is 0 Å². The van der Waals surface area contributed by atoms with Crippen molar-refractivity contribution < 1.29 is 9.21 Å². The van der Waals surface area contributed by atoms with Crippen LogP contribution in [0.3, 0.4) is 0 Å². The van der Waals surface area contributed by atoms with Crippen LogP contribution in [0.1, 0.15) is 26.5 Å². The van der Waals surface area contributed by atoms with E-state index < -0.39 is 0 Å². The van der Waals surface area contributed by atoms with Gasteiger partial charge in [0.25, 0.3) is 0 Å². The number of anilines is 1. The Hall–Kier alpha value is -2.61. The first-order valence-corrected chi connectivity index (χ1v) is 8.35. The number of urea groups is 1. The normalized spacial score (nSPS) is 11.5. The molecular formula is C16H19N5O2S. The van der Waals surface area contributed by atoms with Crippen LogP contribution in [0.4, 0.5) is 10.6 Å². The molecule has 8 heteroatoms. The van der Waals surface area contributed by atoms with Crippen LogP contribution in [-0.2, 0) is 0 Å². The van der Waals surface area contributed by atoms with Crippen molar-refractivity contribution in [1.82, 2.24) is 20.1 Å². The van der Waals surface area contributed by atoms with E-state index in [0.717, 1.165) is 11.4 Å². The molecule has 0 aromatic carbocycles. The number of carbonyl (C=O) groups excluding carboxylic acids is 1. The van der Waals surface area contributed by atoms with Crippen LogP contribution < -0.4 is 10.6 Å². The Morgan fingerprint density at radius 2 is 2.17 bits per heavy atom. The highest BCUT2D eigenvalue weighted by Crippen LogP contribution is 2.26. The van der Waals surface area contributed by atoms with Crippen molar-refractivity contribution in [2.45, 2.75) is 33.2 Å². The van der Waals surface area contributed by atoms with Gasteiger partial charge in [-0.3, -0.25) is 5.32 Å². The molecule has 3 aromatic heterocycles. The Bertz CT molecular complexity index is 842. The Morgan fingerprint density at radius 3 is 2.83 bits per heavy atom. The summed E-state index contributed by atoms with van der Waals surface area (Å²) in [6.45, 7) is 7.63. The zero-order chi connectivity index (χ0) is 17.3. The maximum atomic E-state index is 12.1. The summed E-state index contributed by atoms with van der Waals surface area (Å²) in [5.41, 5.74) is 1.20. The summed E-state index contributed by atoms with van der Waals surface area (Å²) < 4.78 is 6.98. The molecular weight excluding hydrogens is 326 g/mol. The Balaban J connectivity index is 1.86. The molecule has 0 bridgehead atoms. The molecule has 2 amide bonds. The minimum Gasteiger partial charge on any atom is -0.463 e. The van der Waals surface area contributed by atoms with Gasteiger partial charge in [0.05, 0.1) is 12.0 Å². The summed E-state index contributed by atoms with van der Waals surface area (Å²) in [5.74, 6) is 1.26. The third-order valence-electron chi connectivity index (χ3n) is 3.01. The molecule has 0 radical (unpaired) electrons. The molecule has 0 saturated carbocycles.